The first kappa shape index (κ1) is 11.5. The van der Waals surface area contributed by atoms with Gasteiger partial charge in [-0.25, -0.2) is 0 Å². The van der Waals surface area contributed by atoms with Gasteiger partial charge in [-0.05, 0) is 34.9 Å². The van der Waals surface area contributed by atoms with E-state index in [2.05, 4.69) is 46.8 Å². The zero-order chi connectivity index (χ0) is 12.2. The van der Waals surface area contributed by atoms with Crippen LogP contribution in [0.25, 0.3) is 0 Å². The minimum atomic E-state index is 0.257. The average Bonchev–Trinajstić information content (AvgIpc) is 2.71. The highest BCUT2D eigenvalue weighted by atomic mass is 16.3. The molecule has 0 aromatic heterocycles. The molecule has 1 aromatic rings. The average molecular weight is 218 g/mol. The van der Waals surface area contributed by atoms with Crippen LogP contribution in [0, 0.1) is 10.8 Å². The van der Waals surface area contributed by atoms with Gasteiger partial charge in [0.15, 0.2) is 0 Å². The van der Waals surface area contributed by atoms with Crippen LogP contribution in [-0.2, 0) is 5.41 Å². The summed E-state index contributed by atoms with van der Waals surface area (Å²) in [7, 11) is 0. The first-order valence-corrected chi connectivity index (χ1v) is 6.00. The van der Waals surface area contributed by atoms with E-state index >= 15 is 0 Å². The van der Waals surface area contributed by atoms with Crippen LogP contribution in [0.2, 0.25) is 0 Å². The van der Waals surface area contributed by atoms with E-state index in [1.54, 1.807) is 12.1 Å². The quantitative estimate of drug-likeness (QED) is 0.752. The molecule has 0 radical (unpaired) electrons. The number of phenolic OH excluding ortho intramolecular Hbond substituents is 1. The summed E-state index contributed by atoms with van der Waals surface area (Å²) in [6.07, 6.45) is 1.23. The third-order valence-corrected chi connectivity index (χ3v) is 4.38. The molecule has 0 bridgehead atoms. The van der Waals surface area contributed by atoms with Crippen LogP contribution >= 0.6 is 0 Å². The SMILES string of the molecule is CC(C)(C)C1(c2ccc(O)cc2)CC1(C)C. The van der Waals surface area contributed by atoms with Crippen molar-refractivity contribution in [3.63, 3.8) is 0 Å². The molecule has 1 atom stereocenters. The third-order valence-electron chi connectivity index (χ3n) is 4.38. The maximum absolute atomic E-state index is 9.38. The summed E-state index contributed by atoms with van der Waals surface area (Å²) < 4.78 is 0. The lowest BCUT2D eigenvalue weighted by Gasteiger charge is -2.35. The molecule has 1 aliphatic rings. The topological polar surface area (TPSA) is 20.2 Å². The number of hydrogen-bond acceptors (Lipinski definition) is 1. The second kappa shape index (κ2) is 3.03. The van der Waals surface area contributed by atoms with Crippen LogP contribution in [0.3, 0.4) is 0 Å². The lowest BCUT2D eigenvalue weighted by molar-refractivity contribution is 0.248. The number of benzene rings is 1. The standard InChI is InChI=1S/C15H22O/c1-13(2,3)15(10-14(15,4)5)11-6-8-12(16)9-7-11/h6-9,16H,10H2,1-5H3. The van der Waals surface area contributed by atoms with Crippen molar-refractivity contribution in [3.8, 4) is 5.75 Å². The lowest BCUT2D eigenvalue weighted by Crippen LogP contribution is -2.30. The van der Waals surface area contributed by atoms with Crippen LogP contribution in [0.5, 0.6) is 5.75 Å². The van der Waals surface area contributed by atoms with Gasteiger partial charge in [-0.3, -0.25) is 0 Å². The molecule has 0 spiro atoms. The van der Waals surface area contributed by atoms with Crippen LogP contribution in [0.1, 0.15) is 46.6 Å². The lowest BCUT2D eigenvalue weighted by atomic mass is 9.69. The van der Waals surface area contributed by atoms with Gasteiger partial charge in [0, 0.05) is 5.41 Å². The summed E-state index contributed by atoms with van der Waals surface area (Å²) in [6, 6.07) is 7.76. The Kier molecular flexibility index (Phi) is 2.18. The van der Waals surface area contributed by atoms with E-state index in [0.29, 0.717) is 11.2 Å². The van der Waals surface area contributed by atoms with Crippen molar-refractivity contribution in [3.05, 3.63) is 29.8 Å². The van der Waals surface area contributed by atoms with Gasteiger partial charge in [-0.2, -0.15) is 0 Å². The molecule has 1 nitrogen and oxygen atoms in total. The van der Waals surface area contributed by atoms with Crippen molar-refractivity contribution < 1.29 is 5.11 Å². The monoisotopic (exact) mass is 218 g/mol. The summed E-state index contributed by atoms with van der Waals surface area (Å²) >= 11 is 0. The molecule has 2 rings (SSSR count). The summed E-state index contributed by atoms with van der Waals surface area (Å²) in [4.78, 5) is 0. The molecule has 16 heavy (non-hydrogen) atoms. The third kappa shape index (κ3) is 1.37. The van der Waals surface area contributed by atoms with Crippen LogP contribution in [-0.4, -0.2) is 5.11 Å². The molecular weight excluding hydrogens is 196 g/mol. The molecule has 1 N–H and O–H groups in total. The number of aromatic hydroxyl groups is 1. The molecule has 1 unspecified atom stereocenters. The highest BCUT2D eigenvalue weighted by molar-refractivity contribution is 5.41. The Hall–Kier alpha value is -0.980. The first-order chi connectivity index (χ1) is 7.21. The largest absolute Gasteiger partial charge is 0.508 e. The van der Waals surface area contributed by atoms with E-state index in [0.717, 1.165) is 0 Å². The van der Waals surface area contributed by atoms with Gasteiger partial charge < -0.3 is 5.11 Å². The molecule has 1 fully saturated rings. The Morgan fingerprint density at radius 2 is 1.50 bits per heavy atom. The summed E-state index contributed by atoms with van der Waals surface area (Å²) in [5.41, 5.74) is 2.24. The Labute approximate surface area is 98.5 Å². The molecule has 1 saturated carbocycles. The minimum absolute atomic E-state index is 0.257. The van der Waals surface area contributed by atoms with Gasteiger partial charge in [-0.15, -0.1) is 0 Å². The fourth-order valence-electron chi connectivity index (χ4n) is 3.57. The predicted molar refractivity (Wildman–Crippen MR) is 67.6 cm³/mol. The normalized spacial score (nSPS) is 27.8. The predicted octanol–water partition coefficient (Wildman–Crippen LogP) is 4.11. The highest BCUT2D eigenvalue weighted by Crippen LogP contribution is 2.71. The number of phenols is 1. The molecule has 1 heteroatoms. The van der Waals surface area contributed by atoms with Gasteiger partial charge in [0.2, 0.25) is 0 Å². The fraction of sp³-hybridized carbons (Fsp3) is 0.600. The van der Waals surface area contributed by atoms with Gasteiger partial charge >= 0.3 is 0 Å². The molecular formula is C15H22O. The number of rotatable bonds is 1. The second-order valence-electron chi connectivity index (χ2n) is 6.76. The summed E-state index contributed by atoms with van der Waals surface area (Å²) in [5, 5.41) is 9.38. The molecule has 88 valence electrons. The Balaban J connectivity index is 2.48. The van der Waals surface area contributed by atoms with E-state index in [9.17, 15) is 5.11 Å². The van der Waals surface area contributed by atoms with Gasteiger partial charge in [0.25, 0.3) is 0 Å². The Morgan fingerprint density at radius 3 is 1.81 bits per heavy atom. The van der Waals surface area contributed by atoms with Crippen molar-refractivity contribution in [1.29, 1.82) is 0 Å². The zero-order valence-corrected chi connectivity index (χ0v) is 11.0. The smallest absolute Gasteiger partial charge is 0.115 e. The van der Waals surface area contributed by atoms with Gasteiger partial charge in [0.05, 0.1) is 0 Å². The van der Waals surface area contributed by atoms with E-state index in [4.69, 9.17) is 0 Å². The molecule has 1 aromatic carbocycles. The zero-order valence-electron chi connectivity index (χ0n) is 11.0. The maximum atomic E-state index is 9.38. The maximum Gasteiger partial charge on any atom is 0.115 e. The van der Waals surface area contributed by atoms with Crippen LogP contribution < -0.4 is 0 Å². The van der Waals surface area contributed by atoms with E-state index in [-0.39, 0.29) is 10.8 Å². The Morgan fingerprint density at radius 1 is 1.06 bits per heavy atom. The molecule has 0 amide bonds. The van der Waals surface area contributed by atoms with Crippen LogP contribution in [0.15, 0.2) is 24.3 Å². The first-order valence-electron chi connectivity index (χ1n) is 6.00. The van der Waals surface area contributed by atoms with Crippen molar-refractivity contribution in [1.82, 2.24) is 0 Å². The molecule has 1 aliphatic carbocycles. The van der Waals surface area contributed by atoms with Crippen molar-refractivity contribution >= 4 is 0 Å². The van der Waals surface area contributed by atoms with Crippen molar-refractivity contribution in [2.75, 3.05) is 0 Å². The fourth-order valence-corrected chi connectivity index (χ4v) is 3.57. The summed E-state index contributed by atoms with van der Waals surface area (Å²) in [6.45, 7) is 11.6. The van der Waals surface area contributed by atoms with Gasteiger partial charge in [-0.1, -0.05) is 46.8 Å². The highest BCUT2D eigenvalue weighted by Gasteiger charge is 2.67. The Bertz CT molecular complexity index is 394. The second-order valence-corrected chi connectivity index (χ2v) is 6.76. The van der Waals surface area contributed by atoms with E-state index < -0.39 is 0 Å². The molecule has 0 heterocycles. The summed E-state index contributed by atoms with van der Waals surface area (Å²) in [5.74, 6) is 0.353. The number of hydrogen-bond donors (Lipinski definition) is 1. The minimum Gasteiger partial charge on any atom is -0.508 e. The van der Waals surface area contributed by atoms with E-state index in [1.165, 1.54) is 12.0 Å². The van der Waals surface area contributed by atoms with Crippen LogP contribution in [0.4, 0.5) is 0 Å². The van der Waals surface area contributed by atoms with Crippen molar-refractivity contribution in [2.45, 2.75) is 46.5 Å². The molecule has 0 aliphatic heterocycles. The van der Waals surface area contributed by atoms with E-state index in [1.807, 2.05) is 0 Å². The molecule has 0 saturated heterocycles. The van der Waals surface area contributed by atoms with Crippen molar-refractivity contribution in [2.24, 2.45) is 10.8 Å². The van der Waals surface area contributed by atoms with Gasteiger partial charge in [0.1, 0.15) is 5.75 Å².